The lowest BCUT2D eigenvalue weighted by molar-refractivity contribution is -0.129. The molecule has 0 bridgehead atoms. The van der Waals surface area contributed by atoms with Crippen molar-refractivity contribution in [2.45, 2.75) is 13.8 Å². The minimum Gasteiger partial charge on any atom is -0.353 e. The zero-order chi connectivity index (χ0) is 18.2. The average Bonchev–Trinajstić information content (AvgIpc) is 2.87. The molecule has 0 atom stereocenters. The Balaban J connectivity index is 1.90. The van der Waals surface area contributed by atoms with Crippen LogP contribution < -0.4 is 5.32 Å². The maximum atomic E-state index is 12.4. The second-order valence-corrected chi connectivity index (χ2v) is 6.55. The van der Waals surface area contributed by atoms with Crippen LogP contribution in [0.15, 0.2) is 35.2 Å². The second-order valence-electron chi connectivity index (χ2n) is 5.56. The molecular formula is C18H23N3O3S. The van der Waals surface area contributed by atoms with Gasteiger partial charge in [0.25, 0.3) is 11.1 Å². The van der Waals surface area contributed by atoms with Gasteiger partial charge in [-0.3, -0.25) is 19.3 Å². The van der Waals surface area contributed by atoms with Crippen LogP contribution in [0.25, 0.3) is 6.08 Å². The van der Waals surface area contributed by atoms with E-state index in [-0.39, 0.29) is 12.5 Å². The molecule has 7 heteroatoms. The molecule has 6 nitrogen and oxygen atoms in total. The van der Waals surface area contributed by atoms with Crippen LogP contribution in [0.4, 0.5) is 4.79 Å². The Bertz CT molecular complexity index is 657. The second kappa shape index (κ2) is 9.39. The van der Waals surface area contributed by atoms with Gasteiger partial charge in [-0.1, -0.05) is 44.2 Å². The molecular weight excluding hydrogens is 338 g/mol. The lowest BCUT2D eigenvalue weighted by atomic mass is 10.2. The van der Waals surface area contributed by atoms with E-state index in [1.807, 2.05) is 30.3 Å². The first kappa shape index (κ1) is 19.2. The quantitative estimate of drug-likeness (QED) is 0.719. The number of rotatable bonds is 8. The van der Waals surface area contributed by atoms with Gasteiger partial charge in [-0.15, -0.1) is 0 Å². The van der Waals surface area contributed by atoms with Crippen LogP contribution in [0, 0.1) is 0 Å². The van der Waals surface area contributed by atoms with E-state index in [0.717, 1.165) is 41.9 Å². The molecule has 1 N–H and O–H groups in total. The fourth-order valence-corrected chi connectivity index (χ4v) is 3.27. The number of benzene rings is 1. The molecule has 0 aliphatic carbocycles. The van der Waals surface area contributed by atoms with Crippen LogP contribution in [0.2, 0.25) is 0 Å². The fraction of sp³-hybridized carbons (Fsp3) is 0.389. The van der Waals surface area contributed by atoms with Gasteiger partial charge in [0.15, 0.2) is 0 Å². The SMILES string of the molecule is CCN(CC)CCNC(=O)CN1C(=O)S/C(=C/c2ccccc2)C1=O. The molecule has 1 aliphatic heterocycles. The van der Waals surface area contributed by atoms with Crippen LogP contribution in [-0.2, 0) is 9.59 Å². The van der Waals surface area contributed by atoms with Gasteiger partial charge < -0.3 is 10.2 Å². The van der Waals surface area contributed by atoms with E-state index in [9.17, 15) is 14.4 Å². The largest absolute Gasteiger partial charge is 0.353 e. The highest BCUT2D eigenvalue weighted by atomic mass is 32.2. The maximum absolute atomic E-state index is 12.4. The summed E-state index contributed by atoms with van der Waals surface area (Å²) >= 11 is 0.865. The molecule has 25 heavy (non-hydrogen) atoms. The van der Waals surface area contributed by atoms with Crippen molar-refractivity contribution < 1.29 is 14.4 Å². The summed E-state index contributed by atoms with van der Waals surface area (Å²) in [5.41, 5.74) is 0.844. The monoisotopic (exact) mass is 361 g/mol. The molecule has 1 aromatic rings. The van der Waals surface area contributed by atoms with Gasteiger partial charge in [0.05, 0.1) is 4.91 Å². The van der Waals surface area contributed by atoms with Gasteiger partial charge in [-0.25, -0.2) is 0 Å². The number of nitrogens with one attached hydrogen (secondary N) is 1. The molecule has 0 unspecified atom stereocenters. The minimum absolute atomic E-state index is 0.241. The van der Waals surface area contributed by atoms with Gasteiger partial charge in [-0.2, -0.15) is 0 Å². The Morgan fingerprint density at radius 2 is 1.88 bits per heavy atom. The lowest BCUT2D eigenvalue weighted by Gasteiger charge is -2.18. The smallest absolute Gasteiger partial charge is 0.294 e. The van der Waals surface area contributed by atoms with E-state index >= 15 is 0 Å². The number of amides is 3. The molecule has 2 rings (SSSR count). The van der Waals surface area contributed by atoms with Crippen LogP contribution in [-0.4, -0.2) is 59.6 Å². The molecule has 0 saturated carbocycles. The third-order valence-electron chi connectivity index (χ3n) is 3.92. The van der Waals surface area contributed by atoms with Crippen molar-refractivity contribution in [1.82, 2.24) is 15.1 Å². The predicted molar refractivity (Wildman–Crippen MR) is 99.9 cm³/mol. The van der Waals surface area contributed by atoms with Crippen molar-refractivity contribution in [3.05, 3.63) is 40.8 Å². The van der Waals surface area contributed by atoms with Crippen molar-refractivity contribution in [2.75, 3.05) is 32.7 Å². The summed E-state index contributed by atoms with van der Waals surface area (Å²) in [4.78, 5) is 39.9. The van der Waals surface area contributed by atoms with E-state index in [0.29, 0.717) is 11.4 Å². The molecule has 0 aromatic heterocycles. The average molecular weight is 361 g/mol. The number of hydrogen-bond acceptors (Lipinski definition) is 5. The Morgan fingerprint density at radius 3 is 2.52 bits per heavy atom. The van der Waals surface area contributed by atoms with Crippen LogP contribution in [0.1, 0.15) is 19.4 Å². The standard InChI is InChI=1S/C18H23N3O3S/c1-3-20(4-2)11-10-19-16(22)13-21-17(23)15(25-18(21)24)12-14-8-6-5-7-9-14/h5-9,12H,3-4,10-11,13H2,1-2H3,(H,19,22)/b15-12+. The van der Waals surface area contributed by atoms with Crippen molar-refractivity contribution in [1.29, 1.82) is 0 Å². The summed E-state index contributed by atoms with van der Waals surface area (Å²) in [6.07, 6.45) is 1.67. The molecule has 3 amide bonds. The van der Waals surface area contributed by atoms with E-state index in [2.05, 4.69) is 24.1 Å². The highest BCUT2D eigenvalue weighted by Crippen LogP contribution is 2.31. The molecule has 1 fully saturated rings. The topological polar surface area (TPSA) is 69.7 Å². The minimum atomic E-state index is -0.419. The van der Waals surface area contributed by atoms with E-state index in [4.69, 9.17) is 0 Å². The number of hydrogen-bond donors (Lipinski definition) is 1. The number of likely N-dealkylation sites (N-methyl/N-ethyl adjacent to an activating group) is 1. The summed E-state index contributed by atoms with van der Waals surface area (Å²) in [5, 5.41) is 2.35. The third kappa shape index (κ3) is 5.44. The summed E-state index contributed by atoms with van der Waals surface area (Å²) < 4.78 is 0. The zero-order valence-corrected chi connectivity index (χ0v) is 15.3. The molecule has 1 aromatic carbocycles. The molecule has 1 heterocycles. The van der Waals surface area contributed by atoms with Crippen molar-refractivity contribution in [3.8, 4) is 0 Å². The Labute approximate surface area is 152 Å². The van der Waals surface area contributed by atoms with Gasteiger partial charge >= 0.3 is 0 Å². The number of carbonyl (C=O) groups excluding carboxylic acids is 3. The third-order valence-corrected chi connectivity index (χ3v) is 4.82. The summed E-state index contributed by atoms with van der Waals surface area (Å²) in [6, 6.07) is 9.31. The van der Waals surface area contributed by atoms with E-state index in [1.54, 1.807) is 6.08 Å². The normalized spacial score (nSPS) is 16.1. The Kier molecular flexibility index (Phi) is 7.21. The predicted octanol–water partition coefficient (Wildman–Crippen LogP) is 2.18. The fourth-order valence-electron chi connectivity index (χ4n) is 2.43. The number of nitrogens with zero attached hydrogens (tertiary/aromatic N) is 2. The molecule has 1 saturated heterocycles. The lowest BCUT2D eigenvalue weighted by Crippen LogP contribution is -2.42. The van der Waals surface area contributed by atoms with Gasteiger partial charge in [0.1, 0.15) is 6.54 Å². The molecule has 134 valence electrons. The van der Waals surface area contributed by atoms with Crippen molar-refractivity contribution in [2.24, 2.45) is 0 Å². The Hall–Kier alpha value is -2.12. The molecule has 0 radical (unpaired) electrons. The number of carbonyl (C=O) groups is 3. The van der Waals surface area contributed by atoms with Crippen LogP contribution >= 0.6 is 11.8 Å². The van der Waals surface area contributed by atoms with Crippen molar-refractivity contribution in [3.63, 3.8) is 0 Å². The summed E-state index contributed by atoms with van der Waals surface area (Å²) in [7, 11) is 0. The number of imide groups is 1. The molecule has 1 aliphatic rings. The Morgan fingerprint density at radius 1 is 1.20 bits per heavy atom. The first-order valence-electron chi connectivity index (χ1n) is 8.34. The molecule has 0 spiro atoms. The highest BCUT2D eigenvalue weighted by Gasteiger charge is 2.36. The van der Waals surface area contributed by atoms with Crippen LogP contribution in [0.5, 0.6) is 0 Å². The van der Waals surface area contributed by atoms with Gasteiger partial charge in [-0.05, 0) is 36.5 Å². The van der Waals surface area contributed by atoms with Gasteiger partial charge in [0, 0.05) is 13.1 Å². The first-order valence-corrected chi connectivity index (χ1v) is 9.16. The van der Waals surface area contributed by atoms with Crippen LogP contribution in [0.3, 0.4) is 0 Å². The summed E-state index contributed by atoms with van der Waals surface area (Å²) in [5.74, 6) is -0.742. The van der Waals surface area contributed by atoms with Crippen molar-refractivity contribution >= 4 is 34.9 Å². The van der Waals surface area contributed by atoms with E-state index < -0.39 is 11.1 Å². The highest BCUT2D eigenvalue weighted by molar-refractivity contribution is 8.18. The summed E-state index contributed by atoms with van der Waals surface area (Å²) in [6.45, 7) is 6.95. The maximum Gasteiger partial charge on any atom is 0.294 e. The first-order chi connectivity index (χ1) is 12.0. The van der Waals surface area contributed by atoms with E-state index in [1.165, 1.54) is 0 Å². The number of thioether (sulfide) groups is 1. The van der Waals surface area contributed by atoms with Gasteiger partial charge in [0.2, 0.25) is 5.91 Å². The zero-order valence-electron chi connectivity index (χ0n) is 14.5.